The Balaban J connectivity index is 2.15. The van der Waals surface area contributed by atoms with Crippen LogP contribution in [0.2, 0.25) is 5.02 Å². The minimum atomic E-state index is 0.204. The van der Waals surface area contributed by atoms with Gasteiger partial charge in [0.2, 0.25) is 0 Å². The highest BCUT2D eigenvalue weighted by molar-refractivity contribution is 9.10. The summed E-state index contributed by atoms with van der Waals surface area (Å²) in [5.41, 5.74) is 7.23. The molecule has 0 aliphatic rings. The third kappa shape index (κ3) is 4.22. The number of hydrogen-bond donors (Lipinski definition) is 1. The van der Waals surface area contributed by atoms with Crippen LogP contribution in [0.3, 0.4) is 0 Å². The van der Waals surface area contributed by atoms with Crippen LogP contribution in [0, 0.1) is 0 Å². The molecular weight excluding hydrogens is 356 g/mol. The zero-order valence-electron chi connectivity index (χ0n) is 11.1. The van der Waals surface area contributed by atoms with Crippen LogP contribution in [-0.2, 0) is 6.42 Å². The first-order valence-electron chi connectivity index (χ1n) is 6.42. The van der Waals surface area contributed by atoms with Gasteiger partial charge in [0.25, 0.3) is 0 Å². The molecule has 0 fully saturated rings. The van der Waals surface area contributed by atoms with E-state index in [2.05, 4.69) is 46.0 Å². The summed E-state index contributed by atoms with van der Waals surface area (Å²) < 4.78 is 1.08. The molecular formula is C15H16BrClN2S. The maximum atomic E-state index is 6.12. The van der Waals surface area contributed by atoms with Crippen LogP contribution in [0.4, 0.5) is 0 Å². The van der Waals surface area contributed by atoms with Crippen LogP contribution in [-0.4, -0.2) is 11.0 Å². The van der Waals surface area contributed by atoms with Gasteiger partial charge in [0.1, 0.15) is 5.03 Å². The number of aromatic nitrogens is 1. The molecule has 2 aromatic rings. The molecule has 0 aliphatic carbocycles. The largest absolute Gasteiger partial charge is 0.327 e. The summed E-state index contributed by atoms with van der Waals surface area (Å²) in [6.45, 7) is 2.10. The molecule has 2 nitrogen and oxygen atoms in total. The van der Waals surface area contributed by atoms with Crippen molar-refractivity contribution in [3.05, 3.63) is 51.6 Å². The quantitative estimate of drug-likeness (QED) is 0.810. The molecule has 2 N–H and O–H groups in total. The van der Waals surface area contributed by atoms with Crippen molar-refractivity contribution in [3.8, 4) is 0 Å². The van der Waals surface area contributed by atoms with Crippen molar-refractivity contribution in [1.82, 2.24) is 4.98 Å². The average Bonchev–Trinajstić information content (AvgIpc) is 2.44. The number of rotatable bonds is 5. The van der Waals surface area contributed by atoms with E-state index in [1.54, 1.807) is 18.0 Å². The van der Waals surface area contributed by atoms with Gasteiger partial charge < -0.3 is 5.73 Å². The van der Waals surface area contributed by atoms with Crippen LogP contribution in [0.1, 0.15) is 18.9 Å². The van der Waals surface area contributed by atoms with E-state index < -0.39 is 0 Å². The van der Waals surface area contributed by atoms with Gasteiger partial charge in [0.05, 0.1) is 5.02 Å². The maximum absolute atomic E-state index is 6.12. The summed E-state index contributed by atoms with van der Waals surface area (Å²) in [6.07, 6.45) is 3.61. The first-order valence-corrected chi connectivity index (χ1v) is 8.41. The summed E-state index contributed by atoms with van der Waals surface area (Å²) in [7, 11) is 0. The van der Waals surface area contributed by atoms with Crippen molar-refractivity contribution in [2.75, 3.05) is 0 Å². The van der Waals surface area contributed by atoms with Gasteiger partial charge in [0.15, 0.2) is 0 Å². The molecule has 0 bridgehead atoms. The third-order valence-electron chi connectivity index (χ3n) is 2.97. The van der Waals surface area contributed by atoms with Gasteiger partial charge in [-0.15, -0.1) is 0 Å². The number of nitrogens with zero attached hydrogens (tertiary/aromatic N) is 1. The van der Waals surface area contributed by atoms with Crippen LogP contribution >= 0.6 is 39.3 Å². The molecule has 0 saturated carbocycles. The molecule has 1 aromatic carbocycles. The van der Waals surface area contributed by atoms with Crippen molar-refractivity contribution in [1.29, 1.82) is 0 Å². The molecule has 2 rings (SSSR count). The molecule has 106 valence electrons. The number of hydrogen-bond acceptors (Lipinski definition) is 3. The van der Waals surface area contributed by atoms with Crippen molar-refractivity contribution in [2.45, 2.75) is 35.7 Å². The summed E-state index contributed by atoms with van der Waals surface area (Å²) in [6, 6.07) is 10.2. The fourth-order valence-corrected chi connectivity index (χ4v) is 3.49. The second kappa shape index (κ2) is 7.46. The van der Waals surface area contributed by atoms with E-state index in [9.17, 15) is 0 Å². The number of benzene rings is 1. The van der Waals surface area contributed by atoms with Gasteiger partial charge in [-0.3, -0.25) is 0 Å². The van der Waals surface area contributed by atoms with Gasteiger partial charge in [-0.1, -0.05) is 52.3 Å². The smallest absolute Gasteiger partial charge is 0.119 e. The lowest BCUT2D eigenvalue weighted by Gasteiger charge is -2.11. The number of halogens is 2. The van der Waals surface area contributed by atoms with Gasteiger partial charge in [-0.2, -0.15) is 0 Å². The van der Waals surface area contributed by atoms with Crippen LogP contribution in [0.25, 0.3) is 0 Å². The zero-order valence-corrected chi connectivity index (χ0v) is 14.3. The Hall–Kier alpha value is -0.550. The SMILES string of the molecule is CCC(N)Cc1ccc(Sc2ncccc2Cl)cc1Br. The van der Waals surface area contributed by atoms with Crippen molar-refractivity contribution in [3.63, 3.8) is 0 Å². The summed E-state index contributed by atoms with van der Waals surface area (Å²) in [5.74, 6) is 0. The monoisotopic (exact) mass is 370 g/mol. The van der Waals surface area contributed by atoms with Crippen LogP contribution in [0.15, 0.2) is 50.9 Å². The standard InChI is InChI=1S/C15H16BrClN2S/c1-2-11(18)8-10-5-6-12(9-13(10)16)20-15-14(17)4-3-7-19-15/h3-7,9,11H,2,8,18H2,1H3. The lowest BCUT2D eigenvalue weighted by molar-refractivity contribution is 0.645. The minimum absolute atomic E-state index is 0.204. The number of pyridine rings is 1. The lowest BCUT2D eigenvalue weighted by Crippen LogP contribution is -2.21. The van der Waals surface area contributed by atoms with Gasteiger partial charge in [-0.05, 0) is 42.7 Å². The predicted molar refractivity (Wildman–Crippen MR) is 89.5 cm³/mol. The molecule has 1 heterocycles. The van der Waals surface area contributed by atoms with E-state index in [0.29, 0.717) is 5.02 Å². The molecule has 0 aliphatic heterocycles. The Morgan fingerprint density at radius 1 is 1.40 bits per heavy atom. The molecule has 1 atom stereocenters. The summed E-state index contributed by atoms with van der Waals surface area (Å²) in [5, 5.41) is 1.49. The number of nitrogens with two attached hydrogens (primary N) is 1. The van der Waals surface area contributed by atoms with E-state index >= 15 is 0 Å². The second-order valence-electron chi connectivity index (χ2n) is 4.52. The molecule has 0 saturated heterocycles. The minimum Gasteiger partial charge on any atom is -0.327 e. The molecule has 20 heavy (non-hydrogen) atoms. The summed E-state index contributed by atoms with van der Waals surface area (Å²) >= 11 is 11.3. The van der Waals surface area contributed by atoms with E-state index in [1.807, 2.05) is 12.1 Å². The Morgan fingerprint density at radius 3 is 2.85 bits per heavy atom. The summed E-state index contributed by atoms with van der Waals surface area (Å²) in [4.78, 5) is 5.39. The topological polar surface area (TPSA) is 38.9 Å². The Morgan fingerprint density at radius 2 is 2.20 bits per heavy atom. The fourth-order valence-electron chi connectivity index (χ4n) is 1.74. The van der Waals surface area contributed by atoms with E-state index in [4.69, 9.17) is 17.3 Å². The highest BCUT2D eigenvalue weighted by Crippen LogP contribution is 2.33. The molecule has 1 aromatic heterocycles. The van der Waals surface area contributed by atoms with E-state index in [-0.39, 0.29) is 6.04 Å². The van der Waals surface area contributed by atoms with Gasteiger partial charge >= 0.3 is 0 Å². The Labute approximate surface area is 137 Å². The van der Waals surface area contributed by atoms with Crippen LogP contribution < -0.4 is 5.73 Å². The maximum Gasteiger partial charge on any atom is 0.119 e. The van der Waals surface area contributed by atoms with Gasteiger partial charge in [-0.25, -0.2) is 4.98 Å². The Bertz CT molecular complexity index is 592. The predicted octanol–water partition coefficient (Wildman–Crippen LogP) is 4.93. The normalized spacial score (nSPS) is 12.4. The van der Waals surface area contributed by atoms with Crippen molar-refractivity contribution >= 4 is 39.3 Å². The first kappa shape index (κ1) is 15.8. The van der Waals surface area contributed by atoms with Crippen molar-refractivity contribution in [2.24, 2.45) is 5.73 Å². The highest BCUT2D eigenvalue weighted by Gasteiger charge is 2.08. The molecule has 0 amide bonds. The average molecular weight is 372 g/mol. The molecule has 0 radical (unpaired) electrons. The fraction of sp³-hybridized carbons (Fsp3) is 0.267. The molecule has 0 spiro atoms. The lowest BCUT2D eigenvalue weighted by atomic mass is 10.1. The van der Waals surface area contributed by atoms with Gasteiger partial charge in [0, 0.05) is 21.6 Å². The van der Waals surface area contributed by atoms with Crippen molar-refractivity contribution < 1.29 is 0 Å². The second-order valence-corrected chi connectivity index (χ2v) is 6.84. The highest BCUT2D eigenvalue weighted by atomic mass is 79.9. The Kier molecular flexibility index (Phi) is 5.90. The molecule has 1 unspecified atom stereocenters. The van der Waals surface area contributed by atoms with E-state index in [1.165, 1.54) is 5.56 Å². The molecule has 5 heteroatoms. The first-order chi connectivity index (χ1) is 9.60. The zero-order chi connectivity index (χ0) is 14.5. The third-order valence-corrected chi connectivity index (χ3v) is 5.13. The van der Waals surface area contributed by atoms with E-state index in [0.717, 1.165) is 27.2 Å². The van der Waals surface area contributed by atoms with Crippen LogP contribution in [0.5, 0.6) is 0 Å².